The molecule has 1 aliphatic rings. The molecule has 188 valence electrons. The first-order valence-corrected chi connectivity index (χ1v) is 11.9. The molecule has 0 aliphatic carbocycles. The van der Waals surface area contributed by atoms with Crippen LogP contribution in [0.25, 0.3) is 22.3 Å². The first kappa shape index (κ1) is 25.1. The number of fused-ring (bicyclic) bond motifs is 1. The molecule has 2 heterocycles. The summed E-state index contributed by atoms with van der Waals surface area (Å²) in [6.45, 7) is 7.06. The van der Waals surface area contributed by atoms with Crippen molar-refractivity contribution in [2.24, 2.45) is 11.1 Å². The lowest BCUT2D eigenvalue weighted by Crippen LogP contribution is -2.57. The van der Waals surface area contributed by atoms with Crippen LogP contribution in [-0.2, 0) is 14.4 Å². The fourth-order valence-electron chi connectivity index (χ4n) is 4.43. The number of nitrogens with two attached hydrogens (primary N) is 1. The van der Waals surface area contributed by atoms with Gasteiger partial charge in [0.15, 0.2) is 5.82 Å². The Balaban J connectivity index is 1.65. The zero-order valence-electron chi connectivity index (χ0n) is 20.9. The summed E-state index contributed by atoms with van der Waals surface area (Å²) in [4.78, 5) is 48.4. The molecule has 1 unspecified atom stereocenters. The van der Waals surface area contributed by atoms with Crippen LogP contribution in [0.5, 0.6) is 5.88 Å². The Morgan fingerprint density at radius 2 is 1.72 bits per heavy atom. The van der Waals surface area contributed by atoms with Gasteiger partial charge in [-0.25, -0.2) is 4.98 Å². The van der Waals surface area contributed by atoms with E-state index >= 15 is 0 Å². The van der Waals surface area contributed by atoms with Gasteiger partial charge >= 0.3 is 0 Å². The largest absolute Gasteiger partial charge is 0.472 e. The lowest BCUT2D eigenvalue weighted by atomic mass is 9.85. The normalized spacial score (nSPS) is 18.6. The highest BCUT2D eigenvalue weighted by Crippen LogP contribution is 2.31. The lowest BCUT2D eigenvalue weighted by Gasteiger charge is -2.34. The number of hydrogen-bond donors (Lipinski definition) is 2. The quantitative estimate of drug-likeness (QED) is 0.548. The zero-order valence-corrected chi connectivity index (χ0v) is 20.9. The van der Waals surface area contributed by atoms with Crippen molar-refractivity contribution in [1.82, 2.24) is 20.2 Å². The van der Waals surface area contributed by atoms with Crippen molar-refractivity contribution in [3.05, 3.63) is 54.6 Å². The van der Waals surface area contributed by atoms with Crippen molar-refractivity contribution < 1.29 is 19.1 Å². The Morgan fingerprint density at radius 3 is 2.36 bits per heavy atom. The second-order valence-corrected chi connectivity index (χ2v) is 10.1. The Labute approximate surface area is 210 Å². The molecule has 4 rings (SSSR count). The molecule has 9 nitrogen and oxygen atoms in total. The summed E-state index contributed by atoms with van der Waals surface area (Å²) in [7, 11) is 0. The predicted octanol–water partition coefficient (Wildman–Crippen LogP) is 2.68. The van der Waals surface area contributed by atoms with Crippen molar-refractivity contribution in [2.75, 3.05) is 6.54 Å². The monoisotopic (exact) mass is 489 g/mol. The number of hydrogen-bond acceptors (Lipinski definition) is 6. The number of carbonyl (C=O) groups excluding carboxylic acids is 3. The summed E-state index contributed by atoms with van der Waals surface area (Å²) >= 11 is 0. The van der Waals surface area contributed by atoms with Crippen molar-refractivity contribution in [3.8, 4) is 17.3 Å². The van der Waals surface area contributed by atoms with E-state index in [9.17, 15) is 14.4 Å². The Hall–Kier alpha value is -4.01. The number of likely N-dealkylation sites (tertiary alicyclic amines) is 1. The highest BCUT2D eigenvalue weighted by molar-refractivity contribution is 5.92. The number of para-hydroxylation sites is 1. The molecule has 0 spiro atoms. The van der Waals surface area contributed by atoms with Crippen LogP contribution in [0.1, 0.15) is 34.1 Å². The van der Waals surface area contributed by atoms with Gasteiger partial charge in [0.1, 0.15) is 18.2 Å². The number of primary amides is 1. The van der Waals surface area contributed by atoms with Crippen molar-refractivity contribution in [2.45, 2.75) is 52.3 Å². The van der Waals surface area contributed by atoms with E-state index in [0.29, 0.717) is 11.7 Å². The fraction of sp³-hybridized carbons (Fsp3) is 0.370. The molecular weight excluding hydrogens is 458 g/mol. The number of aromatic nitrogens is 2. The summed E-state index contributed by atoms with van der Waals surface area (Å²) in [5.41, 5.74) is 6.67. The maximum atomic E-state index is 13.5. The molecule has 9 heteroatoms. The molecule has 2 aromatic carbocycles. The van der Waals surface area contributed by atoms with E-state index in [-0.39, 0.29) is 24.8 Å². The number of rotatable bonds is 6. The van der Waals surface area contributed by atoms with Crippen LogP contribution in [0, 0.1) is 5.41 Å². The molecule has 36 heavy (non-hydrogen) atoms. The number of amides is 3. The van der Waals surface area contributed by atoms with Gasteiger partial charge in [0, 0.05) is 18.9 Å². The third kappa shape index (κ3) is 5.30. The van der Waals surface area contributed by atoms with E-state index in [1.54, 1.807) is 0 Å². The number of nitrogens with one attached hydrogen (secondary N) is 1. The van der Waals surface area contributed by atoms with E-state index < -0.39 is 29.5 Å². The minimum Gasteiger partial charge on any atom is -0.472 e. The van der Waals surface area contributed by atoms with E-state index in [1.165, 1.54) is 11.8 Å². The summed E-state index contributed by atoms with van der Waals surface area (Å²) in [5, 5.41) is 3.45. The molecule has 1 saturated heterocycles. The number of nitrogens with zero attached hydrogens (tertiary/aromatic N) is 3. The van der Waals surface area contributed by atoms with E-state index in [0.717, 1.165) is 16.5 Å². The van der Waals surface area contributed by atoms with E-state index in [2.05, 4.69) is 15.3 Å². The van der Waals surface area contributed by atoms with Gasteiger partial charge in [-0.1, -0.05) is 63.2 Å². The van der Waals surface area contributed by atoms with Crippen LogP contribution in [0.3, 0.4) is 0 Å². The van der Waals surface area contributed by atoms with Gasteiger partial charge in [-0.3, -0.25) is 14.4 Å². The van der Waals surface area contributed by atoms with Crippen LogP contribution in [-0.4, -0.2) is 57.3 Å². The van der Waals surface area contributed by atoms with Crippen LogP contribution < -0.4 is 15.8 Å². The topological polar surface area (TPSA) is 128 Å². The Morgan fingerprint density at radius 1 is 1.06 bits per heavy atom. The van der Waals surface area contributed by atoms with Crippen molar-refractivity contribution >= 4 is 28.6 Å². The second kappa shape index (κ2) is 9.93. The Kier molecular flexibility index (Phi) is 6.92. The van der Waals surface area contributed by atoms with Gasteiger partial charge in [-0.05, 0) is 17.5 Å². The molecule has 3 N–H and O–H groups in total. The average Bonchev–Trinajstić information content (AvgIpc) is 3.26. The van der Waals surface area contributed by atoms with Gasteiger partial charge in [0.05, 0.1) is 17.4 Å². The van der Waals surface area contributed by atoms with Crippen LogP contribution in [0.15, 0.2) is 54.6 Å². The molecule has 1 aromatic heterocycles. The van der Waals surface area contributed by atoms with Gasteiger partial charge in [0.25, 0.3) is 0 Å². The summed E-state index contributed by atoms with van der Waals surface area (Å²) in [6.07, 6.45) is -0.303. The SMILES string of the molecule is CC(=O)NC(C(=O)N1C[C@H](Oc2nc(-c3ccccc3)nc3ccccc23)C[C@H]1C(N)=O)C(C)(C)C. The fourth-order valence-corrected chi connectivity index (χ4v) is 4.43. The molecule has 1 aliphatic heterocycles. The molecule has 3 aromatic rings. The lowest BCUT2D eigenvalue weighted by molar-refractivity contribution is -0.143. The third-order valence-corrected chi connectivity index (χ3v) is 6.21. The number of benzene rings is 2. The third-order valence-electron chi connectivity index (χ3n) is 6.21. The van der Waals surface area contributed by atoms with Crippen molar-refractivity contribution in [1.29, 1.82) is 0 Å². The van der Waals surface area contributed by atoms with Crippen LogP contribution in [0.4, 0.5) is 0 Å². The van der Waals surface area contributed by atoms with Gasteiger partial charge in [-0.2, -0.15) is 4.98 Å². The average molecular weight is 490 g/mol. The van der Waals surface area contributed by atoms with Gasteiger partial charge < -0.3 is 20.7 Å². The maximum Gasteiger partial charge on any atom is 0.246 e. The van der Waals surface area contributed by atoms with Crippen molar-refractivity contribution in [3.63, 3.8) is 0 Å². The Bertz CT molecular complexity index is 1290. The minimum absolute atomic E-state index is 0.137. The molecule has 0 saturated carbocycles. The number of carbonyl (C=O) groups is 3. The minimum atomic E-state index is -0.859. The highest BCUT2D eigenvalue weighted by Gasteiger charge is 2.45. The highest BCUT2D eigenvalue weighted by atomic mass is 16.5. The second-order valence-electron chi connectivity index (χ2n) is 10.1. The first-order chi connectivity index (χ1) is 17.0. The molecule has 3 amide bonds. The number of ether oxygens (including phenoxy) is 1. The maximum absolute atomic E-state index is 13.5. The molecule has 0 radical (unpaired) electrons. The van der Waals surface area contributed by atoms with Gasteiger partial charge in [0.2, 0.25) is 23.6 Å². The predicted molar refractivity (Wildman–Crippen MR) is 136 cm³/mol. The van der Waals surface area contributed by atoms with E-state index in [1.807, 2.05) is 75.4 Å². The zero-order chi connectivity index (χ0) is 26.0. The smallest absolute Gasteiger partial charge is 0.246 e. The molecule has 3 atom stereocenters. The van der Waals surface area contributed by atoms with Crippen LogP contribution >= 0.6 is 0 Å². The standard InChI is InChI=1S/C27H31N5O4/c1-16(33)29-22(27(2,3)4)26(35)32-15-18(14-21(32)23(28)34)36-25-19-12-8-9-13-20(19)30-24(31-25)17-10-6-5-7-11-17/h5-13,18,21-22H,14-15H2,1-4H3,(H2,28,34)(H,29,33)/t18-,21+,22?/m1/s1. The molecule has 0 bridgehead atoms. The van der Waals surface area contributed by atoms with Crippen LogP contribution in [0.2, 0.25) is 0 Å². The first-order valence-electron chi connectivity index (χ1n) is 11.9. The molecule has 1 fully saturated rings. The summed E-state index contributed by atoms with van der Waals surface area (Å²) in [6, 6.07) is 15.4. The molecular formula is C27H31N5O4. The van der Waals surface area contributed by atoms with Gasteiger partial charge in [-0.15, -0.1) is 0 Å². The summed E-state index contributed by atoms with van der Waals surface area (Å²) in [5.74, 6) is -0.435. The summed E-state index contributed by atoms with van der Waals surface area (Å²) < 4.78 is 6.32. The van der Waals surface area contributed by atoms with E-state index in [4.69, 9.17) is 10.5 Å².